The molecule has 2 heterocycles. The van der Waals surface area contributed by atoms with E-state index < -0.39 is 6.04 Å². The molecule has 2 aliphatic heterocycles. The van der Waals surface area contributed by atoms with Crippen molar-refractivity contribution in [3.8, 4) is 0 Å². The normalized spacial score (nSPS) is 20.9. The molecule has 0 saturated carbocycles. The molecule has 7 nitrogen and oxygen atoms in total. The van der Waals surface area contributed by atoms with Crippen molar-refractivity contribution in [1.29, 1.82) is 0 Å². The molecule has 2 saturated heterocycles. The molecule has 7 heteroatoms. The van der Waals surface area contributed by atoms with E-state index in [0.29, 0.717) is 45.6 Å². The van der Waals surface area contributed by atoms with Crippen LogP contribution in [0.1, 0.15) is 50.5 Å². The van der Waals surface area contributed by atoms with Crippen LogP contribution in [0, 0.1) is 0 Å². The highest BCUT2D eigenvalue weighted by Crippen LogP contribution is 2.20. The third-order valence-electron chi connectivity index (χ3n) is 5.93. The first-order valence-electron chi connectivity index (χ1n) is 11.3. The highest BCUT2D eigenvalue weighted by atomic mass is 16.2. The standard InChI is InChI=1S/C23H34N4O3/c28-21-13-18-26(16-7-2-1-6-14-24-21)22(29)20-11-8-17-27(20)23(30)25-15-12-19-9-4-3-5-10-19/h3-5,9-10,20H,1-2,6-8,11-18H2,(H,24,28)(H,25,30)/t20-/m0/s1. The van der Waals surface area contributed by atoms with Gasteiger partial charge < -0.3 is 20.4 Å². The number of carbonyl (C=O) groups is 3. The second kappa shape index (κ2) is 11.6. The van der Waals surface area contributed by atoms with Crippen molar-refractivity contribution in [2.75, 3.05) is 32.7 Å². The molecule has 1 aromatic carbocycles. The van der Waals surface area contributed by atoms with Gasteiger partial charge in [0.1, 0.15) is 6.04 Å². The maximum atomic E-state index is 13.2. The summed E-state index contributed by atoms with van der Waals surface area (Å²) in [6, 6.07) is 9.44. The Morgan fingerprint density at radius 3 is 2.63 bits per heavy atom. The number of carbonyl (C=O) groups excluding carboxylic acids is 3. The van der Waals surface area contributed by atoms with E-state index in [2.05, 4.69) is 10.6 Å². The minimum atomic E-state index is -0.421. The molecule has 0 aliphatic carbocycles. The van der Waals surface area contributed by atoms with Crippen molar-refractivity contribution < 1.29 is 14.4 Å². The van der Waals surface area contributed by atoms with Crippen LogP contribution in [0.25, 0.3) is 0 Å². The molecule has 2 fully saturated rings. The summed E-state index contributed by atoms with van der Waals surface area (Å²) in [5.74, 6) is -0.0191. The Morgan fingerprint density at radius 1 is 1.00 bits per heavy atom. The third-order valence-corrected chi connectivity index (χ3v) is 5.93. The Kier molecular flexibility index (Phi) is 8.53. The Bertz CT molecular complexity index is 710. The molecule has 0 bridgehead atoms. The quantitative estimate of drug-likeness (QED) is 0.793. The zero-order valence-corrected chi connectivity index (χ0v) is 17.8. The Balaban J connectivity index is 1.54. The summed E-state index contributed by atoms with van der Waals surface area (Å²) < 4.78 is 0. The van der Waals surface area contributed by atoms with Crippen molar-refractivity contribution in [3.63, 3.8) is 0 Å². The number of urea groups is 1. The van der Waals surface area contributed by atoms with Crippen molar-refractivity contribution >= 4 is 17.8 Å². The Morgan fingerprint density at radius 2 is 1.80 bits per heavy atom. The van der Waals surface area contributed by atoms with E-state index in [-0.39, 0.29) is 17.8 Å². The number of hydrogen-bond acceptors (Lipinski definition) is 3. The highest BCUT2D eigenvalue weighted by molar-refractivity contribution is 5.88. The van der Waals surface area contributed by atoms with Crippen LogP contribution in [0.5, 0.6) is 0 Å². The van der Waals surface area contributed by atoms with Crippen LogP contribution < -0.4 is 10.6 Å². The van der Waals surface area contributed by atoms with Crippen molar-refractivity contribution in [1.82, 2.24) is 20.4 Å². The molecule has 0 radical (unpaired) electrons. The summed E-state index contributed by atoms with van der Waals surface area (Å²) in [6.45, 7) is 2.94. The largest absolute Gasteiger partial charge is 0.356 e. The smallest absolute Gasteiger partial charge is 0.318 e. The molecule has 0 spiro atoms. The summed E-state index contributed by atoms with van der Waals surface area (Å²) in [5.41, 5.74) is 1.17. The van der Waals surface area contributed by atoms with E-state index >= 15 is 0 Å². The van der Waals surface area contributed by atoms with Gasteiger partial charge in [-0.1, -0.05) is 43.2 Å². The van der Waals surface area contributed by atoms with Crippen molar-refractivity contribution in [2.24, 2.45) is 0 Å². The molecule has 4 amide bonds. The number of rotatable bonds is 4. The van der Waals surface area contributed by atoms with Crippen LogP contribution in [0.4, 0.5) is 4.79 Å². The molecule has 1 atom stereocenters. The molecule has 0 unspecified atom stereocenters. The Hall–Kier alpha value is -2.57. The average molecular weight is 415 g/mol. The molecular weight excluding hydrogens is 380 g/mol. The number of hydrogen-bond donors (Lipinski definition) is 2. The lowest BCUT2D eigenvalue weighted by Gasteiger charge is -2.30. The van der Waals surface area contributed by atoms with E-state index in [1.807, 2.05) is 30.3 Å². The second-order valence-electron chi connectivity index (χ2n) is 8.16. The first kappa shape index (κ1) is 22.1. The number of nitrogens with one attached hydrogen (secondary N) is 2. The van der Waals surface area contributed by atoms with Gasteiger partial charge in [-0.05, 0) is 37.7 Å². The maximum Gasteiger partial charge on any atom is 0.318 e. The molecule has 30 heavy (non-hydrogen) atoms. The molecule has 2 N–H and O–H groups in total. The van der Waals surface area contributed by atoms with E-state index in [1.54, 1.807) is 9.80 Å². The number of benzene rings is 1. The highest BCUT2D eigenvalue weighted by Gasteiger charge is 2.36. The summed E-state index contributed by atoms with van der Waals surface area (Å²) in [7, 11) is 0. The summed E-state index contributed by atoms with van der Waals surface area (Å²) in [5, 5.41) is 5.89. The van der Waals surface area contributed by atoms with Crippen LogP contribution in [-0.4, -0.2) is 66.4 Å². The van der Waals surface area contributed by atoms with Crippen molar-refractivity contribution in [3.05, 3.63) is 35.9 Å². The zero-order valence-electron chi connectivity index (χ0n) is 17.8. The van der Waals surface area contributed by atoms with E-state index in [9.17, 15) is 14.4 Å². The third kappa shape index (κ3) is 6.47. The first-order chi connectivity index (χ1) is 14.6. The predicted octanol–water partition coefficient (Wildman–Crippen LogP) is 2.31. The lowest BCUT2D eigenvalue weighted by Crippen LogP contribution is -2.51. The van der Waals surface area contributed by atoms with E-state index in [1.165, 1.54) is 5.56 Å². The van der Waals surface area contributed by atoms with Gasteiger partial charge in [0.2, 0.25) is 11.8 Å². The number of nitrogens with zero attached hydrogens (tertiary/aromatic N) is 2. The monoisotopic (exact) mass is 414 g/mol. The van der Waals surface area contributed by atoms with Gasteiger partial charge in [0.25, 0.3) is 0 Å². The van der Waals surface area contributed by atoms with Crippen LogP contribution in [-0.2, 0) is 16.0 Å². The molecule has 0 aromatic heterocycles. The van der Waals surface area contributed by atoms with Gasteiger partial charge in [0.15, 0.2) is 0 Å². The van der Waals surface area contributed by atoms with Gasteiger partial charge in [0.05, 0.1) is 0 Å². The Labute approximate surface area is 179 Å². The molecular formula is C23H34N4O3. The molecule has 1 aromatic rings. The second-order valence-corrected chi connectivity index (χ2v) is 8.16. The van der Waals surface area contributed by atoms with E-state index in [0.717, 1.165) is 38.5 Å². The van der Waals surface area contributed by atoms with Gasteiger partial charge in [-0.2, -0.15) is 0 Å². The summed E-state index contributed by atoms with van der Waals surface area (Å²) in [4.78, 5) is 41.4. The first-order valence-corrected chi connectivity index (χ1v) is 11.3. The number of amides is 4. The van der Waals surface area contributed by atoms with Gasteiger partial charge in [-0.15, -0.1) is 0 Å². The lowest BCUT2D eigenvalue weighted by atomic mass is 10.1. The maximum absolute atomic E-state index is 13.2. The molecule has 3 rings (SSSR count). The fraction of sp³-hybridized carbons (Fsp3) is 0.609. The van der Waals surface area contributed by atoms with Gasteiger partial charge in [0, 0.05) is 39.1 Å². The fourth-order valence-electron chi connectivity index (χ4n) is 4.20. The van der Waals surface area contributed by atoms with Crippen LogP contribution in [0.15, 0.2) is 30.3 Å². The minimum absolute atomic E-state index is 0.00312. The summed E-state index contributed by atoms with van der Waals surface area (Å²) in [6.07, 6.45) is 6.64. The number of likely N-dealkylation sites (tertiary alicyclic amines) is 1. The van der Waals surface area contributed by atoms with E-state index in [4.69, 9.17) is 0 Å². The van der Waals surface area contributed by atoms with Crippen LogP contribution in [0.3, 0.4) is 0 Å². The van der Waals surface area contributed by atoms with Crippen molar-refractivity contribution in [2.45, 2.75) is 57.4 Å². The summed E-state index contributed by atoms with van der Waals surface area (Å²) >= 11 is 0. The van der Waals surface area contributed by atoms with Crippen LogP contribution in [0.2, 0.25) is 0 Å². The van der Waals surface area contributed by atoms with Crippen LogP contribution >= 0.6 is 0 Å². The zero-order chi connectivity index (χ0) is 21.2. The average Bonchev–Trinajstić information content (AvgIpc) is 3.23. The van der Waals surface area contributed by atoms with Gasteiger partial charge in [-0.3, -0.25) is 9.59 Å². The SMILES string of the molecule is O=C1CCN(C(=O)[C@@H]2CCCN2C(=O)NCCc2ccccc2)CCCCCCN1. The van der Waals surface area contributed by atoms with Gasteiger partial charge in [-0.25, -0.2) is 4.79 Å². The molecule has 164 valence electrons. The predicted molar refractivity (Wildman–Crippen MR) is 116 cm³/mol. The lowest BCUT2D eigenvalue weighted by molar-refractivity contribution is -0.135. The topological polar surface area (TPSA) is 81.8 Å². The minimum Gasteiger partial charge on any atom is -0.356 e. The fourth-order valence-corrected chi connectivity index (χ4v) is 4.20. The molecule has 2 aliphatic rings. The van der Waals surface area contributed by atoms with Gasteiger partial charge >= 0.3 is 6.03 Å².